The minimum absolute atomic E-state index is 0.739. The standard InChI is InChI=1S/C9H5BrOS2/c10-7-2-1-6-5(3-11)4-13-9(6)8(7)12/h1-4,12H. The van der Waals surface area contributed by atoms with Crippen LogP contribution < -0.4 is 0 Å². The molecule has 0 unspecified atom stereocenters. The fourth-order valence-electron chi connectivity index (χ4n) is 1.17. The van der Waals surface area contributed by atoms with Gasteiger partial charge >= 0.3 is 0 Å². The van der Waals surface area contributed by atoms with Crippen molar-refractivity contribution in [2.75, 3.05) is 0 Å². The third kappa shape index (κ3) is 1.43. The van der Waals surface area contributed by atoms with Crippen LogP contribution >= 0.6 is 39.9 Å². The molecular formula is C9H5BrOS2. The fraction of sp³-hybridized carbons (Fsp3) is 0. The maximum atomic E-state index is 10.6. The zero-order valence-corrected chi connectivity index (χ0v) is 9.75. The third-order valence-electron chi connectivity index (χ3n) is 1.82. The monoisotopic (exact) mass is 272 g/mol. The molecule has 0 saturated carbocycles. The number of thiol groups is 1. The van der Waals surface area contributed by atoms with Crippen LogP contribution in [0.1, 0.15) is 10.4 Å². The van der Waals surface area contributed by atoms with Crippen LogP contribution in [0.4, 0.5) is 0 Å². The van der Waals surface area contributed by atoms with Gasteiger partial charge in [-0.2, -0.15) is 0 Å². The molecule has 1 aromatic carbocycles. The molecule has 2 rings (SSSR count). The SMILES string of the molecule is O=Cc1csc2c(S)c(Br)ccc12. The lowest BCUT2D eigenvalue weighted by Crippen LogP contribution is -1.76. The van der Waals surface area contributed by atoms with Gasteiger partial charge in [-0.15, -0.1) is 24.0 Å². The number of carbonyl (C=O) groups excluding carboxylic acids is 1. The van der Waals surface area contributed by atoms with Gasteiger partial charge < -0.3 is 0 Å². The second-order valence-electron chi connectivity index (χ2n) is 2.58. The van der Waals surface area contributed by atoms with E-state index in [0.29, 0.717) is 0 Å². The van der Waals surface area contributed by atoms with E-state index >= 15 is 0 Å². The molecule has 0 bridgehead atoms. The van der Waals surface area contributed by atoms with Gasteiger partial charge in [-0.3, -0.25) is 4.79 Å². The van der Waals surface area contributed by atoms with Gasteiger partial charge in [0.2, 0.25) is 0 Å². The van der Waals surface area contributed by atoms with Crippen molar-refractivity contribution in [3.05, 3.63) is 27.5 Å². The molecule has 1 heterocycles. The normalized spacial score (nSPS) is 10.6. The van der Waals surface area contributed by atoms with E-state index in [2.05, 4.69) is 28.6 Å². The predicted molar refractivity (Wildman–Crippen MR) is 62.2 cm³/mol. The Labute approximate surface area is 93.3 Å². The summed E-state index contributed by atoms with van der Waals surface area (Å²) >= 11 is 9.29. The summed E-state index contributed by atoms with van der Waals surface area (Å²) in [6.45, 7) is 0. The van der Waals surface area contributed by atoms with Crippen LogP contribution in [-0.4, -0.2) is 6.29 Å². The van der Waals surface area contributed by atoms with Gasteiger partial charge in [-0.05, 0) is 22.0 Å². The lowest BCUT2D eigenvalue weighted by Gasteiger charge is -1.97. The number of hydrogen-bond acceptors (Lipinski definition) is 3. The molecule has 0 fully saturated rings. The Morgan fingerprint density at radius 1 is 1.46 bits per heavy atom. The van der Waals surface area contributed by atoms with Crippen molar-refractivity contribution < 1.29 is 4.79 Å². The number of aldehydes is 1. The molecule has 0 amide bonds. The number of hydrogen-bond donors (Lipinski definition) is 1. The van der Waals surface area contributed by atoms with Crippen LogP contribution in [0.2, 0.25) is 0 Å². The molecule has 2 aromatic rings. The minimum Gasteiger partial charge on any atom is -0.298 e. The molecule has 66 valence electrons. The Morgan fingerprint density at radius 2 is 2.23 bits per heavy atom. The van der Waals surface area contributed by atoms with Crippen LogP contribution in [0.3, 0.4) is 0 Å². The summed E-state index contributed by atoms with van der Waals surface area (Å²) < 4.78 is 2.02. The molecule has 1 aromatic heterocycles. The Morgan fingerprint density at radius 3 is 2.92 bits per heavy atom. The molecule has 13 heavy (non-hydrogen) atoms. The summed E-state index contributed by atoms with van der Waals surface area (Å²) in [4.78, 5) is 11.5. The molecule has 0 aliphatic rings. The average Bonchev–Trinajstić information content (AvgIpc) is 2.55. The van der Waals surface area contributed by atoms with Crippen LogP contribution in [0.15, 0.2) is 26.9 Å². The molecule has 1 nitrogen and oxygen atoms in total. The number of halogens is 1. The first kappa shape index (κ1) is 9.24. The summed E-state index contributed by atoms with van der Waals surface area (Å²) in [6, 6.07) is 3.84. The molecule has 0 N–H and O–H groups in total. The van der Waals surface area contributed by atoms with E-state index in [9.17, 15) is 4.79 Å². The second-order valence-corrected chi connectivity index (χ2v) is 4.76. The summed E-state index contributed by atoms with van der Waals surface area (Å²) in [6.07, 6.45) is 0.875. The Bertz CT molecular complexity index is 476. The van der Waals surface area contributed by atoms with Gasteiger partial charge in [0.05, 0.1) is 0 Å². The number of thiophene rings is 1. The smallest absolute Gasteiger partial charge is 0.151 e. The fourth-order valence-corrected chi connectivity index (χ4v) is 2.95. The van der Waals surface area contributed by atoms with Gasteiger partial charge in [0, 0.05) is 30.4 Å². The van der Waals surface area contributed by atoms with Crippen LogP contribution in [0.5, 0.6) is 0 Å². The molecular weight excluding hydrogens is 268 g/mol. The quantitative estimate of drug-likeness (QED) is 0.618. The highest BCUT2D eigenvalue weighted by Gasteiger charge is 2.07. The molecule has 0 aliphatic carbocycles. The zero-order chi connectivity index (χ0) is 9.42. The van der Waals surface area contributed by atoms with Gasteiger partial charge in [0.1, 0.15) is 0 Å². The van der Waals surface area contributed by atoms with Gasteiger partial charge in [0.25, 0.3) is 0 Å². The summed E-state index contributed by atoms with van der Waals surface area (Å²) in [5.41, 5.74) is 0.739. The Hall–Kier alpha value is -0.320. The van der Waals surface area contributed by atoms with E-state index in [1.54, 1.807) is 11.3 Å². The highest BCUT2D eigenvalue weighted by molar-refractivity contribution is 9.10. The summed E-state index contributed by atoms with van der Waals surface area (Å²) in [5.74, 6) is 0. The number of fused-ring (bicyclic) bond motifs is 1. The summed E-state index contributed by atoms with van der Waals surface area (Å²) in [5, 5.41) is 2.83. The van der Waals surface area contributed by atoms with Gasteiger partial charge in [-0.1, -0.05) is 6.07 Å². The lowest BCUT2D eigenvalue weighted by molar-refractivity contribution is 0.112. The van der Waals surface area contributed by atoms with E-state index in [-0.39, 0.29) is 0 Å². The Balaban J connectivity index is 2.88. The Kier molecular flexibility index (Phi) is 2.45. The van der Waals surface area contributed by atoms with Crippen molar-refractivity contribution in [2.24, 2.45) is 0 Å². The minimum atomic E-state index is 0.739. The first-order valence-electron chi connectivity index (χ1n) is 3.58. The average molecular weight is 273 g/mol. The van der Waals surface area contributed by atoms with Crippen molar-refractivity contribution in [1.29, 1.82) is 0 Å². The third-order valence-corrected chi connectivity index (χ3v) is 4.44. The molecule has 0 spiro atoms. The van der Waals surface area contributed by atoms with Crippen molar-refractivity contribution in [2.45, 2.75) is 4.90 Å². The van der Waals surface area contributed by atoms with E-state index in [4.69, 9.17) is 0 Å². The van der Waals surface area contributed by atoms with Gasteiger partial charge in [0.15, 0.2) is 6.29 Å². The van der Waals surface area contributed by atoms with Crippen molar-refractivity contribution in [3.8, 4) is 0 Å². The van der Waals surface area contributed by atoms with Crippen molar-refractivity contribution in [1.82, 2.24) is 0 Å². The van der Waals surface area contributed by atoms with E-state index in [0.717, 1.165) is 31.3 Å². The number of benzene rings is 1. The highest BCUT2D eigenvalue weighted by atomic mass is 79.9. The maximum absolute atomic E-state index is 10.6. The molecule has 4 heteroatoms. The van der Waals surface area contributed by atoms with Crippen LogP contribution in [0.25, 0.3) is 10.1 Å². The number of rotatable bonds is 1. The van der Waals surface area contributed by atoms with E-state index < -0.39 is 0 Å². The predicted octanol–water partition coefficient (Wildman–Crippen LogP) is 3.77. The lowest BCUT2D eigenvalue weighted by atomic mass is 10.2. The molecule has 0 atom stereocenters. The van der Waals surface area contributed by atoms with Crippen LogP contribution in [0, 0.1) is 0 Å². The molecule has 0 saturated heterocycles. The van der Waals surface area contributed by atoms with Crippen molar-refractivity contribution >= 4 is 56.3 Å². The maximum Gasteiger partial charge on any atom is 0.151 e. The van der Waals surface area contributed by atoms with Crippen LogP contribution in [-0.2, 0) is 0 Å². The van der Waals surface area contributed by atoms with Gasteiger partial charge in [-0.25, -0.2) is 0 Å². The summed E-state index contributed by atoms with van der Waals surface area (Å²) in [7, 11) is 0. The molecule has 0 radical (unpaired) electrons. The van der Waals surface area contributed by atoms with E-state index in [1.165, 1.54) is 0 Å². The zero-order valence-electron chi connectivity index (χ0n) is 6.45. The van der Waals surface area contributed by atoms with Crippen molar-refractivity contribution in [3.63, 3.8) is 0 Å². The first-order chi connectivity index (χ1) is 6.24. The topological polar surface area (TPSA) is 17.1 Å². The number of carbonyl (C=O) groups is 1. The highest BCUT2D eigenvalue weighted by Crippen LogP contribution is 2.34. The van der Waals surface area contributed by atoms with E-state index in [1.807, 2.05) is 17.5 Å². The second kappa shape index (κ2) is 3.44. The molecule has 0 aliphatic heterocycles. The first-order valence-corrected chi connectivity index (χ1v) is 5.70. The largest absolute Gasteiger partial charge is 0.298 e.